The van der Waals surface area contributed by atoms with Gasteiger partial charge in [-0.15, -0.1) is 0 Å². The van der Waals surface area contributed by atoms with Gasteiger partial charge >= 0.3 is 0 Å². The van der Waals surface area contributed by atoms with E-state index in [2.05, 4.69) is 25.2 Å². The highest BCUT2D eigenvalue weighted by Crippen LogP contribution is 2.23. The summed E-state index contributed by atoms with van der Waals surface area (Å²) in [6.45, 7) is 5.27. The van der Waals surface area contributed by atoms with Gasteiger partial charge in [0, 0.05) is 31.0 Å². The van der Waals surface area contributed by atoms with E-state index in [1.54, 1.807) is 4.90 Å². The van der Waals surface area contributed by atoms with Crippen LogP contribution in [0.1, 0.15) is 6.92 Å². The number of nitrogens with one attached hydrogen (secondary N) is 1. The highest BCUT2D eigenvalue weighted by Gasteiger charge is 2.19. The molecule has 1 aliphatic rings. The van der Waals surface area contributed by atoms with Crippen LogP contribution < -0.4 is 15.1 Å². The number of aromatic nitrogens is 3. The van der Waals surface area contributed by atoms with Gasteiger partial charge in [0.15, 0.2) is 5.16 Å². The zero-order chi connectivity index (χ0) is 22.2. The van der Waals surface area contributed by atoms with Crippen LogP contribution in [0.25, 0.3) is 0 Å². The highest BCUT2D eigenvalue weighted by molar-refractivity contribution is 7.99. The number of benzene rings is 2. The standard InChI is InChI=1S/C23H26N6O2S/c1-2-29(19-11-7-4-8-12-19)20(30)17-32-23-26-21(24-18-9-5-3-6-10-18)25-22(27-23)28-13-15-31-16-14-28/h3-12H,2,13-17H2,1H3,(H,24,25,26,27). The maximum absolute atomic E-state index is 12.9. The monoisotopic (exact) mass is 450 g/mol. The highest BCUT2D eigenvalue weighted by atomic mass is 32.2. The molecule has 1 saturated heterocycles. The number of ether oxygens (including phenoxy) is 1. The molecule has 0 aliphatic carbocycles. The average molecular weight is 451 g/mol. The predicted octanol–water partition coefficient (Wildman–Crippen LogP) is 3.60. The Morgan fingerprint density at radius 3 is 2.41 bits per heavy atom. The van der Waals surface area contributed by atoms with Crippen molar-refractivity contribution < 1.29 is 9.53 Å². The second kappa shape index (κ2) is 10.9. The number of carbonyl (C=O) groups excluding carboxylic acids is 1. The first-order valence-corrected chi connectivity index (χ1v) is 11.6. The number of nitrogens with zero attached hydrogens (tertiary/aromatic N) is 5. The molecule has 9 heteroatoms. The Morgan fingerprint density at radius 2 is 1.72 bits per heavy atom. The van der Waals surface area contributed by atoms with Crippen molar-refractivity contribution in [3.63, 3.8) is 0 Å². The molecule has 1 N–H and O–H groups in total. The normalized spacial score (nSPS) is 13.6. The smallest absolute Gasteiger partial charge is 0.237 e. The van der Waals surface area contributed by atoms with E-state index in [1.807, 2.05) is 67.6 Å². The molecule has 0 unspecified atom stereocenters. The molecule has 1 aromatic heterocycles. The van der Waals surface area contributed by atoms with Crippen LogP contribution in [-0.2, 0) is 9.53 Å². The van der Waals surface area contributed by atoms with Crippen molar-refractivity contribution in [2.75, 3.05) is 53.7 Å². The molecule has 0 saturated carbocycles. The van der Waals surface area contributed by atoms with Crippen LogP contribution in [-0.4, -0.2) is 59.5 Å². The second-order valence-electron chi connectivity index (χ2n) is 7.09. The number of hydrogen-bond donors (Lipinski definition) is 1. The van der Waals surface area contributed by atoms with Crippen molar-refractivity contribution in [1.82, 2.24) is 15.0 Å². The molecule has 0 spiro atoms. The maximum Gasteiger partial charge on any atom is 0.237 e. The van der Waals surface area contributed by atoms with Gasteiger partial charge in [-0.05, 0) is 31.2 Å². The van der Waals surface area contributed by atoms with E-state index in [0.717, 1.165) is 24.5 Å². The van der Waals surface area contributed by atoms with E-state index < -0.39 is 0 Å². The fourth-order valence-corrected chi connectivity index (χ4v) is 4.04. The largest absolute Gasteiger partial charge is 0.378 e. The van der Waals surface area contributed by atoms with Crippen molar-refractivity contribution in [2.45, 2.75) is 12.1 Å². The Hall–Kier alpha value is -3.17. The minimum atomic E-state index is 0.00889. The van der Waals surface area contributed by atoms with Crippen molar-refractivity contribution in [3.05, 3.63) is 60.7 Å². The Bertz CT molecular complexity index is 1020. The van der Waals surface area contributed by atoms with Gasteiger partial charge in [-0.3, -0.25) is 4.79 Å². The molecular formula is C23H26N6O2S. The minimum absolute atomic E-state index is 0.00889. The number of amides is 1. The third-order valence-corrected chi connectivity index (χ3v) is 5.77. The molecule has 1 fully saturated rings. The van der Waals surface area contributed by atoms with E-state index in [-0.39, 0.29) is 11.7 Å². The molecule has 3 aromatic rings. The molecule has 2 aromatic carbocycles. The zero-order valence-electron chi connectivity index (χ0n) is 18.0. The summed E-state index contributed by atoms with van der Waals surface area (Å²) >= 11 is 1.32. The SMILES string of the molecule is CCN(C(=O)CSc1nc(Nc2ccccc2)nc(N2CCOCC2)n1)c1ccccc1. The fourth-order valence-electron chi connectivity index (χ4n) is 3.34. The molecular weight excluding hydrogens is 424 g/mol. The number of thioether (sulfide) groups is 1. The Labute approximate surface area is 192 Å². The summed E-state index contributed by atoms with van der Waals surface area (Å²) in [6, 6.07) is 19.4. The Kier molecular flexibility index (Phi) is 7.52. The second-order valence-corrected chi connectivity index (χ2v) is 8.04. The number of rotatable bonds is 8. The number of hydrogen-bond acceptors (Lipinski definition) is 8. The molecule has 166 valence electrons. The van der Waals surface area contributed by atoms with E-state index >= 15 is 0 Å². The van der Waals surface area contributed by atoms with Crippen LogP contribution in [0.4, 0.5) is 23.3 Å². The van der Waals surface area contributed by atoms with E-state index in [0.29, 0.717) is 36.8 Å². The van der Waals surface area contributed by atoms with E-state index in [4.69, 9.17) is 4.74 Å². The summed E-state index contributed by atoms with van der Waals surface area (Å²) < 4.78 is 5.45. The van der Waals surface area contributed by atoms with Gasteiger partial charge in [0.05, 0.1) is 19.0 Å². The van der Waals surface area contributed by atoms with E-state index in [9.17, 15) is 4.79 Å². The van der Waals surface area contributed by atoms with Crippen LogP contribution in [0.5, 0.6) is 0 Å². The number of morpholine rings is 1. The van der Waals surface area contributed by atoms with Crippen LogP contribution in [0.3, 0.4) is 0 Å². The summed E-state index contributed by atoms with van der Waals surface area (Å²) in [4.78, 5) is 30.5. The van der Waals surface area contributed by atoms with Crippen molar-refractivity contribution in [2.24, 2.45) is 0 Å². The molecule has 0 radical (unpaired) electrons. The summed E-state index contributed by atoms with van der Waals surface area (Å²) in [7, 11) is 0. The summed E-state index contributed by atoms with van der Waals surface area (Å²) in [6.07, 6.45) is 0. The van der Waals surface area contributed by atoms with Gasteiger partial charge in [0.25, 0.3) is 0 Å². The minimum Gasteiger partial charge on any atom is -0.378 e. The van der Waals surface area contributed by atoms with Crippen molar-refractivity contribution in [1.29, 1.82) is 0 Å². The first-order valence-electron chi connectivity index (χ1n) is 10.6. The Balaban J connectivity index is 1.52. The zero-order valence-corrected chi connectivity index (χ0v) is 18.8. The van der Waals surface area contributed by atoms with Gasteiger partial charge in [0.1, 0.15) is 0 Å². The maximum atomic E-state index is 12.9. The molecule has 32 heavy (non-hydrogen) atoms. The van der Waals surface area contributed by atoms with Crippen LogP contribution in [0.15, 0.2) is 65.8 Å². The lowest BCUT2D eigenvalue weighted by Gasteiger charge is -2.27. The van der Waals surface area contributed by atoms with Crippen LogP contribution in [0.2, 0.25) is 0 Å². The fraction of sp³-hybridized carbons (Fsp3) is 0.304. The lowest BCUT2D eigenvalue weighted by atomic mass is 10.3. The van der Waals surface area contributed by atoms with E-state index in [1.165, 1.54) is 11.8 Å². The molecule has 0 bridgehead atoms. The average Bonchev–Trinajstić information content (AvgIpc) is 2.85. The number of para-hydroxylation sites is 2. The lowest BCUT2D eigenvalue weighted by molar-refractivity contribution is -0.116. The van der Waals surface area contributed by atoms with Gasteiger partial charge in [-0.1, -0.05) is 48.2 Å². The summed E-state index contributed by atoms with van der Waals surface area (Å²) in [5.41, 5.74) is 1.77. The quantitative estimate of drug-likeness (QED) is 0.521. The number of anilines is 4. The molecule has 2 heterocycles. The molecule has 1 amide bonds. The molecule has 4 rings (SSSR count). The Morgan fingerprint density at radius 1 is 1.03 bits per heavy atom. The third-order valence-electron chi connectivity index (χ3n) is 4.94. The topological polar surface area (TPSA) is 83.5 Å². The first-order chi connectivity index (χ1) is 15.7. The van der Waals surface area contributed by atoms with Crippen LogP contribution >= 0.6 is 11.8 Å². The molecule has 1 aliphatic heterocycles. The molecule has 8 nitrogen and oxygen atoms in total. The predicted molar refractivity (Wildman–Crippen MR) is 128 cm³/mol. The van der Waals surface area contributed by atoms with Crippen LogP contribution in [0, 0.1) is 0 Å². The van der Waals surface area contributed by atoms with Crippen molar-refractivity contribution >= 4 is 40.9 Å². The van der Waals surface area contributed by atoms with Gasteiger partial charge in [0.2, 0.25) is 17.8 Å². The summed E-state index contributed by atoms with van der Waals surface area (Å²) in [5, 5.41) is 3.75. The first kappa shape index (κ1) is 22.0. The van der Waals surface area contributed by atoms with Crippen molar-refractivity contribution in [3.8, 4) is 0 Å². The lowest BCUT2D eigenvalue weighted by Crippen LogP contribution is -2.37. The summed E-state index contributed by atoms with van der Waals surface area (Å²) in [5.74, 6) is 1.29. The molecule has 0 atom stereocenters. The van der Waals surface area contributed by atoms with Gasteiger partial charge in [-0.2, -0.15) is 15.0 Å². The third kappa shape index (κ3) is 5.74. The van der Waals surface area contributed by atoms with Gasteiger partial charge < -0.3 is 19.9 Å². The van der Waals surface area contributed by atoms with Gasteiger partial charge in [-0.25, -0.2) is 0 Å². The number of carbonyl (C=O) groups is 1.